The molecule has 0 radical (unpaired) electrons. The third kappa shape index (κ3) is 2.59. The van der Waals surface area contributed by atoms with Crippen molar-refractivity contribution in [3.63, 3.8) is 0 Å². The van der Waals surface area contributed by atoms with E-state index in [4.69, 9.17) is 0 Å². The second-order valence-corrected chi connectivity index (χ2v) is 4.40. The zero-order chi connectivity index (χ0) is 7.40. The van der Waals surface area contributed by atoms with Gasteiger partial charge in [0.05, 0.1) is 0 Å². The van der Waals surface area contributed by atoms with Gasteiger partial charge in [-0.05, 0) is 32.5 Å². The van der Waals surface area contributed by atoms with E-state index in [1.165, 1.54) is 55.7 Å². The fourth-order valence-corrected chi connectivity index (χ4v) is 1.77. The first-order chi connectivity index (χ1) is 4.83. The molecule has 0 unspecified atom stereocenters. The summed E-state index contributed by atoms with van der Waals surface area (Å²) in [5, 5.41) is 0. The molecule has 1 saturated heterocycles. The Kier molecular flexibility index (Phi) is 3.72. The molecule has 1 heterocycles. The standard InChI is InChI=1S/C7H15N2.Al.2H/c1-2-8-7-9-5-3-4-6-9;;;/h2-7H2,1H3;;;/q-1;+1;;. The maximum atomic E-state index is 2.55. The highest BCUT2D eigenvalue weighted by Gasteiger charge is 2.11. The first-order valence-corrected chi connectivity index (χ1v) is 5.13. The second-order valence-electron chi connectivity index (χ2n) is 3.14. The van der Waals surface area contributed by atoms with Crippen molar-refractivity contribution in [2.24, 2.45) is 0 Å². The molecule has 1 fully saturated rings. The largest absolute Gasteiger partial charge is 0.379 e. The minimum absolute atomic E-state index is 1.22. The van der Waals surface area contributed by atoms with E-state index in [-0.39, 0.29) is 0 Å². The zero-order valence-electron chi connectivity index (χ0n) is 7.14. The molecule has 58 valence electrons. The van der Waals surface area contributed by atoms with Crippen LogP contribution in [0.5, 0.6) is 0 Å². The molecule has 0 aromatic heterocycles. The molecule has 0 aliphatic carbocycles. The van der Waals surface area contributed by atoms with Gasteiger partial charge in [0.25, 0.3) is 0 Å². The van der Waals surface area contributed by atoms with Gasteiger partial charge in [-0.1, -0.05) is 6.92 Å². The normalized spacial score (nSPS) is 20.6. The first kappa shape index (κ1) is 8.55. The Morgan fingerprint density at radius 1 is 1.40 bits per heavy atom. The molecule has 0 bridgehead atoms. The number of hydrogen-bond acceptors (Lipinski definition) is 2. The van der Waals surface area contributed by atoms with Gasteiger partial charge >= 0.3 is 16.5 Å². The molecular formula is C7H17AlN2. The molecule has 2 nitrogen and oxygen atoms in total. The Morgan fingerprint density at radius 3 is 2.50 bits per heavy atom. The highest BCUT2D eigenvalue weighted by Crippen LogP contribution is 2.06. The van der Waals surface area contributed by atoms with E-state index in [1.807, 2.05) is 0 Å². The maximum Gasteiger partial charge on any atom is 0.323 e. The number of rotatable bonds is 3. The van der Waals surface area contributed by atoms with Crippen molar-refractivity contribution < 1.29 is 0 Å². The number of hydrogen-bond donors (Lipinski definition) is 0. The van der Waals surface area contributed by atoms with Crippen LogP contribution in [0.15, 0.2) is 0 Å². The average molecular weight is 156 g/mol. The van der Waals surface area contributed by atoms with Gasteiger partial charge < -0.3 is 3.88 Å². The topological polar surface area (TPSA) is 6.48 Å². The number of nitrogens with zero attached hydrogens (tertiary/aromatic N) is 2. The molecule has 3 heteroatoms. The fourth-order valence-electron chi connectivity index (χ4n) is 1.37. The average Bonchev–Trinajstić information content (AvgIpc) is 2.40. The van der Waals surface area contributed by atoms with Crippen LogP contribution in [0.25, 0.3) is 0 Å². The summed E-state index contributed by atoms with van der Waals surface area (Å²) in [7, 11) is 0. The lowest BCUT2D eigenvalue weighted by atomic mass is 10.4. The van der Waals surface area contributed by atoms with Crippen molar-refractivity contribution in [2.75, 3.05) is 26.3 Å². The monoisotopic (exact) mass is 156 g/mol. The lowest BCUT2D eigenvalue weighted by Crippen LogP contribution is -2.34. The summed E-state index contributed by atoms with van der Waals surface area (Å²) in [6.45, 7) is 7.35. The summed E-state index contributed by atoms with van der Waals surface area (Å²) in [6, 6.07) is 0. The Hall–Kier alpha value is 0.452. The van der Waals surface area contributed by atoms with Crippen LogP contribution in [0.3, 0.4) is 0 Å². The van der Waals surface area contributed by atoms with Crippen molar-refractivity contribution >= 4 is 16.5 Å². The molecule has 0 amide bonds. The van der Waals surface area contributed by atoms with Crippen LogP contribution in [0.2, 0.25) is 0 Å². The quantitative estimate of drug-likeness (QED) is 0.527. The molecule has 0 atom stereocenters. The van der Waals surface area contributed by atoms with E-state index < -0.39 is 0 Å². The van der Waals surface area contributed by atoms with Gasteiger partial charge in [0.15, 0.2) is 0 Å². The van der Waals surface area contributed by atoms with Crippen LogP contribution >= 0.6 is 0 Å². The lowest BCUT2D eigenvalue weighted by Gasteiger charge is -2.23. The SMILES string of the molecule is CC[N]([AlH2])CN1CCCC1. The lowest BCUT2D eigenvalue weighted by molar-refractivity contribution is 0.241. The molecule has 1 aliphatic rings. The number of likely N-dealkylation sites (tertiary alicyclic amines) is 1. The molecular weight excluding hydrogens is 139 g/mol. The second kappa shape index (κ2) is 4.36. The van der Waals surface area contributed by atoms with Gasteiger partial charge in [0.1, 0.15) is 0 Å². The minimum Gasteiger partial charge on any atom is -0.379 e. The molecule has 1 aliphatic heterocycles. The van der Waals surface area contributed by atoms with Crippen LogP contribution in [0.4, 0.5) is 0 Å². The van der Waals surface area contributed by atoms with Crippen LogP contribution in [0, 0.1) is 0 Å². The smallest absolute Gasteiger partial charge is 0.323 e. The van der Waals surface area contributed by atoms with E-state index in [0.717, 1.165) is 0 Å². The summed E-state index contributed by atoms with van der Waals surface area (Å²) < 4.78 is 2.49. The maximum absolute atomic E-state index is 2.55. The molecule has 0 aromatic carbocycles. The van der Waals surface area contributed by atoms with Gasteiger partial charge in [-0.2, -0.15) is 0 Å². The molecule has 0 N–H and O–H groups in total. The molecule has 10 heavy (non-hydrogen) atoms. The van der Waals surface area contributed by atoms with E-state index in [9.17, 15) is 0 Å². The summed E-state index contributed by atoms with van der Waals surface area (Å²) in [6.07, 6.45) is 2.83. The van der Waals surface area contributed by atoms with Crippen LogP contribution in [-0.2, 0) is 0 Å². The summed E-state index contributed by atoms with van der Waals surface area (Å²) in [4.78, 5) is 2.55. The zero-order valence-corrected chi connectivity index (χ0v) is 9.14. The predicted octanol–water partition coefficient (Wildman–Crippen LogP) is -0.0903. The van der Waals surface area contributed by atoms with E-state index in [2.05, 4.69) is 15.7 Å². The molecule has 1 rings (SSSR count). The van der Waals surface area contributed by atoms with Gasteiger partial charge in [0, 0.05) is 6.67 Å². The van der Waals surface area contributed by atoms with Crippen LogP contribution < -0.4 is 0 Å². The van der Waals surface area contributed by atoms with Gasteiger partial charge in [-0.15, -0.1) is 0 Å². The van der Waals surface area contributed by atoms with E-state index in [0.29, 0.717) is 0 Å². The van der Waals surface area contributed by atoms with Crippen LogP contribution in [-0.4, -0.2) is 51.6 Å². The highest BCUT2D eigenvalue weighted by molar-refractivity contribution is 6.04. The Balaban J connectivity index is 2.11. The molecule has 0 saturated carbocycles. The predicted molar refractivity (Wildman–Crippen MR) is 46.6 cm³/mol. The highest BCUT2D eigenvalue weighted by atomic mass is 27.1. The molecule has 0 aromatic rings. The Morgan fingerprint density at radius 2 is 2.00 bits per heavy atom. The summed E-state index contributed by atoms with van der Waals surface area (Å²) in [5.41, 5.74) is 0. The fraction of sp³-hybridized carbons (Fsp3) is 1.00. The van der Waals surface area contributed by atoms with Gasteiger partial charge in [-0.25, -0.2) is 0 Å². The summed E-state index contributed by atoms with van der Waals surface area (Å²) in [5.74, 6) is 0. The third-order valence-electron chi connectivity index (χ3n) is 2.18. The van der Waals surface area contributed by atoms with Crippen molar-refractivity contribution in [3.05, 3.63) is 0 Å². The summed E-state index contributed by atoms with van der Waals surface area (Å²) >= 11 is 1.22. The van der Waals surface area contributed by atoms with E-state index in [1.54, 1.807) is 0 Å². The van der Waals surface area contributed by atoms with Crippen LogP contribution in [0.1, 0.15) is 19.8 Å². The Bertz CT molecular complexity index is 91.6. The van der Waals surface area contributed by atoms with Gasteiger partial charge in [0.2, 0.25) is 0 Å². The van der Waals surface area contributed by atoms with Crippen molar-refractivity contribution in [1.82, 2.24) is 8.78 Å². The minimum atomic E-state index is 1.22. The van der Waals surface area contributed by atoms with Crippen molar-refractivity contribution in [1.29, 1.82) is 0 Å². The van der Waals surface area contributed by atoms with E-state index >= 15 is 0 Å². The van der Waals surface area contributed by atoms with Crippen molar-refractivity contribution in [3.8, 4) is 0 Å². The molecule has 0 spiro atoms. The third-order valence-corrected chi connectivity index (χ3v) is 3.10. The van der Waals surface area contributed by atoms with Crippen molar-refractivity contribution in [2.45, 2.75) is 19.8 Å². The Labute approximate surface area is 71.8 Å². The van der Waals surface area contributed by atoms with Gasteiger partial charge in [-0.3, -0.25) is 4.90 Å². The first-order valence-electron chi connectivity index (χ1n) is 4.24.